The first kappa shape index (κ1) is 17.7. The van der Waals surface area contributed by atoms with Crippen molar-refractivity contribution in [2.75, 3.05) is 10.6 Å². The van der Waals surface area contributed by atoms with Gasteiger partial charge >= 0.3 is 6.03 Å². The topological polar surface area (TPSA) is 84.2 Å². The first-order chi connectivity index (χ1) is 13.6. The summed E-state index contributed by atoms with van der Waals surface area (Å²) < 4.78 is 1.70. The van der Waals surface area contributed by atoms with E-state index in [9.17, 15) is 4.79 Å². The molecule has 28 heavy (non-hydrogen) atoms. The summed E-state index contributed by atoms with van der Waals surface area (Å²) in [6.07, 6.45) is 0.850. The molecule has 2 aromatic carbocycles. The van der Waals surface area contributed by atoms with Gasteiger partial charge in [0.2, 0.25) is 0 Å². The van der Waals surface area contributed by atoms with E-state index >= 15 is 0 Å². The highest BCUT2D eigenvalue weighted by Crippen LogP contribution is 2.22. The zero-order valence-electron chi connectivity index (χ0n) is 15.7. The third-order valence-corrected chi connectivity index (χ3v) is 4.48. The molecule has 0 saturated carbocycles. The highest BCUT2D eigenvalue weighted by Gasteiger charge is 2.09. The van der Waals surface area contributed by atoms with Gasteiger partial charge in [-0.05, 0) is 49.2 Å². The summed E-state index contributed by atoms with van der Waals surface area (Å²) in [5, 5.41) is 18.5. The number of para-hydroxylation sites is 1. The van der Waals surface area contributed by atoms with E-state index in [0.29, 0.717) is 11.3 Å². The Bertz CT molecular complexity index is 1150. The predicted octanol–water partition coefficient (Wildman–Crippen LogP) is 4.31. The molecule has 2 aromatic heterocycles. The summed E-state index contributed by atoms with van der Waals surface area (Å²) in [6, 6.07) is 18.8. The second kappa shape index (κ2) is 7.48. The number of hydrogen-bond donors (Lipinski definition) is 2. The van der Waals surface area contributed by atoms with Crippen LogP contribution in [0.2, 0.25) is 0 Å². The number of benzene rings is 2. The zero-order chi connectivity index (χ0) is 19.5. The summed E-state index contributed by atoms with van der Waals surface area (Å²) in [7, 11) is 0. The lowest BCUT2D eigenvalue weighted by Crippen LogP contribution is -2.20. The van der Waals surface area contributed by atoms with Crippen LogP contribution >= 0.6 is 0 Å². The molecule has 0 aliphatic rings. The van der Waals surface area contributed by atoms with E-state index in [2.05, 4.69) is 32.9 Å². The minimum atomic E-state index is -0.281. The Labute approximate surface area is 162 Å². The SMILES string of the molecule is CCc1ccccc1NC(=O)Nc1cccc(-c2ccc3nnc(C)n3n2)c1. The second-order valence-corrected chi connectivity index (χ2v) is 6.41. The number of anilines is 2. The normalized spacial score (nSPS) is 10.8. The third kappa shape index (κ3) is 3.55. The first-order valence-corrected chi connectivity index (χ1v) is 9.09. The molecule has 0 aliphatic heterocycles. The van der Waals surface area contributed by atoms with Crippen LogP contribution in [0.1, 0.15) is 18.3 Å². The lowest BCUT2D eigenvalue weighted by atomic mass is 10.1. The Morgan fingerprint density at radius 1 is 1.00 bits per heavy atom. The van der Waals surface area contributed by atoms with Crippen molar-refractivity contribution in [3.05, 3.63) is 72.1 Å². The maximum Gasteiger partial charge on any atom is 0.323 e. The Morgan fingerprint density at radius 3 is 2.71 bits per heavy atom. The van der Waals surface area contributed by atoms with Crippen molar-refractivity contribution in [1.29, 1.82) is 0 Å². The van der Waals surface area contributed by atoms with Gasteiger partial charge in [0.15, 0.2) is 11.5 Å². The molecule has 0 radical (unpaired) electrons. The fourth-order valence-corrected chi connectivity index (χ4v) is 3.04. The van der Waals surface area contributed by atoms with Gasteiger partial charge < -0.3 is 10.6 Å². The molecule has 2 N–H and O–H groups in total. The fraction of sp³-hybridized carbons (Fsp3) is 0.143. The Balaban J connectivity index is 1.54. The van der Waals surface area contributed by atoms with Crippen LogP contribution in [-0.4, -0.2) is 25.8 Å². The molecule has 0 fully saturated rings. The van der Waals surface area contributed by atoms with E-state index in [1.54, 1.807) is 4.52 Å². The maximum atomic E-state index is 12.4. The van der Waals surface area contributed by atoms with Gasteiger partial charge in [0.05, 0.1) is 5.69 Å². The Morgan fingerprint density at radius 2 is 1.86 bits per heavy atom. The Hall–Kier alpha value is -3.74. The van der Waals surface area contributed by atoms with Gasteiger partial charge in [-0.1, -0.05) is 37.3 Å². The van der Waals surface area contributed by atoms with Gasteiger partial charge in [-0.2, -0.15) is 9.61 Å². The van der Waals surface area contributed by atoms with Crippen molar-refractivity contribution < 1.29 is 4.79 Å². The van der Waals surface area contributed by atoms with Crippen molar-refractivity contribution in [2.45, 2.75) is 20.3 Å². The minimum Gasteiger partial charge on any atom is -0.308 e. The van der Waals surface area contributed by atoms with Crippen LogP contribution < -0.4 is 10.6 Å². The molecule has 2 amide bonds. The van der Waals surface area contributed by atoms with Crippen LogP contribution in [0.15, 0.2) is 60.7 Å². The standard InChI is InChI=1S/C21H20N6O/c1-3-15-7-4-5-10-18(15)23-21(28)22-17-9-6-8-16(13-17)19-11-12-20-25-24-14(2)27(20)26-19/h4-13H,3H2,1-2H3,(H2,22,23,28). The van der Waals surface area contributed by atoms with Crippen LogP contribution in [0.5, 0.6) is 0 Å². The quantitative estimate of drug-likeness (QED) is 0.559. The van der Waals surface area contributed by atoms with Crippen molar-refractivity contribution >= 4 is 23.1 Å². The molecule has 0 saturated heterocycles. The fourth-order valence-electron chi connectivity index (χ4n) is 3.04. The number of hydrogen-bond acceptors (Lipinski definition) is 4. The van der Waals surface area contributed by atoms with E-state index in [1.807, 2.05) is 67.6 Å². The second-order valence-electron chi connectivity index (χ2n) is 6.41. The molecule has 0 unspecified atom stereocenters. The van der Waals surface area contributed by atoms with Crippen molar-refractivity contribution in [3.8, 4) is 11.3 Å². The van der Waals surface area contributed by atoms with Crippen LogP contribution in [0, 0.1) is 6.92 Å². The highest BCUT2D eigenvalue weighted by atomic mass is 16.2. The Kier molecular flexibility index (Phi) is 4.72. The average Bonchev–Trinajstić information content (AvgIpc) is 3.09. The van der Waals surface area contributed by atoms with Crippen LogP contribution in [0.25, 0.3) is 16.9 Å². The molecule has 140 valence electrons. The lowest BCUT2D eigenvalue weighted by Gasteiger charge is -2.11. The molecule has 2 heterocycles. The van der Waals surface area contributed by atoms with Gasteiger partial charge in [0.25, 0.3) is 0 Å². The number of carbonyl (C=O) groups excluding carboxylic acids is 1. The van der Waals surface area contributed by atoms with Gasteiger partial charge in [-0.15, -0.1) is 10.2 Å². The molecule has 7 heteroatoms. The van der Waals surface area contributed by atoms with E-state index in [1.165, 1.54) is 0 Å². The molecule has 0 bridgehead atoms. The summed E-state index contributed by atoms with van der Waals surface area (Å²) in [4.78, 5) is 12.4. The number of carbonyl (C=O) groups is 1. The molecule has 0 atom stereocenters. The summed E-state index contributed by atoms with van der Waals surface area (Å²) in [5.74, 6) is 0.722. The predicted molar refractivity (Wildman–Crippen MR) is 109 cm³/mol. The smallest absolute Gasteiger partial charge is 0.308 e. The van der Waals surface area contributed by atoms with E-state index in [4.69, 9.17) is 0 Å². The number of nitrogens with zero attached hydrogens (tertiary/aromatic N) is 4. The van der Waals surface area contributed by atoms with Crippen molar-refractivity contribution in [1.82, 2.24) is 19.8 Å². The van der Waals surface area contributed by atoms with Crippen LogP contribution in [0.4, 0.5) is 16.2 Å². The third-order valence-electron chi connectivity index (χ3n) is 4.48. The van der Waals surface area contributed by atoms with Crippen LogP contribution in [-0.2, 0) is 6.42 Å². The maximum absolute atomic E-state index is 12.4. The van der Waals surface area contributed by atoms with Gasteiger partial charge in [0, 0.05) is 16.9 Å². The van der Waals surface area contributed by atoms with Crippen LogP contribution in [0.3, 0.4) is 0 Å². The van der Waals surface area contributed by atoms with E-state index in [-0.39, 0.29) is 6.03 Å². The molecule has 0 spiro atoms. The van der Waals surface area contributed by atoms with Gasteiger partial charge in [-0.3, -0.25) is 0 Å². The number of rotatable bonds is 4. The number of aromatic nitrogens is 4. The molecular weight excluding hydrogens is 352 g/mol. The molecule has 4 aromatic rings. The van der Waals surface area contributed by atoms with E-state index in [0.717, 1.165) is 34.8 Å². The molecule has 4 rings (SSSR count). The largest absolute Gasteiger partial charge is 0.323 e. The number of fused-ring (bicyclic) bond motifs is 1. The van der Waals surface area contributed by atoms with Gasteiger partial charge in [0.1, 0.15) is 0 Å². The number of nitrogens with one attached hydrogen (secondary N) is 2. The summed E-state index contributed by atoms with van der Waals surface area (Å²) in [5.41, 5.74) is 4.95. The molecular formula is C21H20N6O. The minimum absolute atomic E-state index is 0.281. The first-order valence-electron chi connectivity index (χ1n) is 9.09. The number of amides is 2. The lowest BCUT2D eigenvalue weighted by molar-refractivity contribution is 0.262. The summed E-state index contributed by atoms with van der Waals surface area (Å²) in [6.45, 7) is 3.91. The number of aryl methyl sites for hydroxylation is 2. The highest BCUT2D eigenvalue weighted by molar-refractivity contribution is 6.00. The van der Waals surface area contributed by atoms with Gasteiger partial charge in [-0.25, -0.2) is 4.79 Å². The summed E-state index contributed by atoms with van der Waals surface area (Å²) >= 11 is 0. The molecule has 0 aliphatic carbocycles. The monoisotopic (exact) mass is 372 g/mol. The molecule has 7 nitrogen and oxygen atoms in total. The zero-order valence-corrected chi connectivity index (χ0v) is 15.7. The number of urea groups is 1. The van der Waals surface area contributed by atoms with Crippen molar-refractivity contribution in [3.63, 3.8) is 0 Å². The average molecular weight is 372 g/mol. The van der Waals surface area contributed by atoms with Crippen molar-refractivity contribution in [2.24, 2.45) is 0 Å². The van der Waals surface area contributed by atoms with E-state index < -0.39 is 0 Å².